The molecule has 0 saturated heterocycles. The molecular weight excluding hydrogens is 274 g/mol. The van der Waals surface area contributed by atoms with Gasteiger partial charge in [0.15, 0.2) is 5.65 Å². The first kappa shape index (κ1) is 12.8. The highest BCUT2D eigenvalue weighted by Crippen LogP contribution is 2.30. The molecule has 2 aromatic heterocycles. The summed E-state index contributed by atoms with van der Waals surface area (Å²) in [5.41, 5.74) is 2.35. The second-order valence-electron chi connectivity index (χ2n) is 4.28. The third-order valence-electron chi connectivity index (χ3n) is 3.02. The lowest BCUT2D eigenvalue weighted by atomic mass is 10.2. The fourth-order valence-corrected chi connectivity index (χ4v) is 2.55. The summed E-state index contributed by atoms with van der Waals surface area (Å²) in [7, 11) is 0.542. The molecule has 5 nitrogen and oxygen atoms in total. The Labute approximate surface area is 118 Å². The fourth-order valence-electron chi connectivity index (χ4n) is 2.02. The standard InChI is InChI=1S/C14H13N3O2S/c1-19-12-8-9(20(2)18)5-6-10(12)13-16-11-4-3-7-15-14(11)17-13/h3-8H,1-2H3,(H,15,16,17)/t20-/m1/s1. The van der Waals surface area contributed by atoms with Gasteiger partial charge in [0, 0.05) is 28.1 Å². The van der Waals surface area contributed by atoms with E-state index in [4.69, 9.17) is 4.74 Å². The van der Waals surface area contributed by atoms with E-state index in [2.05, 4.69) is 15.0 Å². The molecule has 20 heavy (non-hydrogen) atoms. The topological polar surface area (TPSA) is 67.9 Å². The maximum Gasteiger partial charge on any atom is 0.178 e. The Bertz CT molecular complexity index is 765. The van der Waals surface area contributed by atoms with Crippen molar-refractivity contribution < 1.29 is 8.95 Å². The van der Waals surface area contributed by atoms with Crippen LogP contribution in [0.1, 0.15) is 0 Å². The van der Waals surface area contributed by atoms with E-state index in [1.54, 1.807) is 25.6 Å². The highest BCUT2D eigenvalue weighted by molar-refractivity contribution is 7.84. The Morgan fingerprint density at radius 3 is 2.85 bits per heavy atom. The van der Waals surface area contributed by atoms with Crippen LogP contribution in [-0.2, 0) is 10.8 Å². The van der Waals surface area contributed by atoms with Gasteiger partial charge in [-0.3, -0.25) is 4.21 Å². The average Bonchev–Trinajstić information content (AvgIpc) is 2.90. The number of pyridine rings is 1. The van der Waals surface area contributed by atoms with E-state index in [1.165, 1.54) is 0 Å². The molecule has 3 aromatic rings. The molecule has 0 unspecified atom stereocenters. The minimum Gasteiger partial charge on any atom is -0.496 e. The monoisotopic (exact) mass is 287 g/mol. The third kappa shape index (κ3) is 2.18. The van der Waals surface area contributed by atoms with Gasteiger partial charge < -0.3 is 9.72 Å². The molecule has 2 heterocycles. The lowest BCUT2D eigenvalue weighted by Crippen LogP contribution is -1.93. The zero-order valence-corrected chi connectivity index (χ0v) is 11.9. The third-order valence-corrected chi connectivity index (χ3v) is 3.94. The molecule has 1 N–H and O–H groups in total. The zero-order valence-electron chi connectivity index (χ0n) is 11.1. The molecule has 0 spiro atoms. The van der Waals surface area contributed by atoms with Gasteiger partial charge in [0.1, 0.15) is 11.6 Å². The van der Waals surface area contributed by atoms with Crippen molar-refractivity contribution in [3.8, 4) is 17.1 Å². The minimum absolute atomic E-state index is 0.636. The number of rotatable bonds is 3. The summed E-state index contributed by atoms with van der Waals surface area (Å²) in [6.45, 7) is 0. The second kappa shape index (κ2) is 5.05. The average molecular weight is 287 g/mol. The second-order valence-corrected chi connectivity index (χ2v) is 5.66. The van der Waals surface area contributed by atoms with Crippen molar-refractivity contribution >= 4 is 22.0 Å². The molecule has 6 heteroatoms. The van der Waals surface area contributed by atoms with Crippen molar-refractivity contribution in [3.63, 3.8) is 0 Å². The highest BCUT2D eigenvalue weighted by atomic mass is 32.2. The zero-order chi connectivity index (χ0) is 14.1. The first-order chi connectivity index (χ1) is 9.69. The summed E-state index contributed by atoms with van der Waals surface area (Å²) in [6, 6.07) is 9.21. The van der Waals surface area contributed by atoms with Crippen molar-refractivity contribution in [1.82, 2.24) is 15.0 Å². The van der Waals surface area contributed by atoms with Crippen LogP contribution in [0.5, 0.6) is 5.75 Å². The SMILES string of the molecule is COc1cc([S@@](C)=O)ccc1-c1nc2ncccc2[nH]1. The van der Waals surface area contributed by atoms with Crippen LogP contribution in [0, 0.1) is 0 Å². The van der Waals surface area contributed by atoms with E-state index < -0.39 is 10.8 Å². The Morgan fingerprint density at radius 1 is 1.30 bits per heavy atom. The van der Waals surface area contributed by atoms with Crippen molar-refractivity contribution in [2.75, 3.05) is 13.4 Å². The molecule has 1 aromatic carbocycles. The Hall–Kier alpha value is -2.21. The highest BCUT2D eigenvalue weighted by Gasteiger charge is 2.12. The van der Waals surface area contributed by atoms with Crippen LogP contribution in [0.4, 0.5) is 0 Å². The number of H-pyrrole nitrogens is 1. The molecule has 0 aliphatic rings. The van der Waals surface area contributed by atoms with Gasteiger partial charge in [0.2, 0.25) is 0 Å². The van der Waals surface area contributed by atoms with Gasteiger partial charge in [-0.15, -0.1) is 0 Å². The van der Waals surface area contributed by atoms with Crippen molar-refractivity contribution in [1.29, 1.82) is 0 Å². The van der Waals surface area contributed by atoms with Gasteiger partial charge in [0.25, 0.3) is 0 Å². The van der Waals surface area contributed by atoms with Gasteiger partial charge in [-0.25, -0.2) is 9.97 Å². The molecule has 0 saturated carbocycles. The van der Waals surface area contributed by atoms with E-state index in [9.17, 15) is 4.21 Å². The Kier molecular flexibility index (Phi) is 3.23. The smallest absolute Gasteiger partial charge is 0.178 e. The number of aromatic nitrogens is 3. The van der Waals surface area contributed by atoms with Crippen LogP contribution in [0.3, 0.4) is 0 Å². The van der Waals surface area contributed by atoms with Crippen LogP contribution < -0.4 is 4.74 Å². The van der Waals surface area contributed by atoms with Crippen LogP contribution in [-0.4, -0.2) is 32.5 Å². The Balaban J connectivity index is 2.15. The number of benzene rings is 1. The van der Waals surface area contributed by atoms with Gasteiger partial charge in [-0.1, -0.05) is 0 Å². The number of hydrogen-bond donors (Lipinski definition) is 1. The van der Waals surface area contributed by atoms with E-state index >= 15 is 0 Å². The van der Waals surface area contributed by atoms with Gasteiger partial charge >= 0.3 is 0 Å². The lowest BCUT2D eigenvalue weighted by Gasteiger charge is -2.07. The quantitative estimate of drug-likeness (QED) is 0.803. The normalized spacial score (nSPS) is 12.5. The van der Waals surface area contributed by atoms with Crippen molar-refractivity contribution in [2.24, 2.45) is 0 Å². The molecule has 3 rings (SSSR count). The van der Waals surface area contributed by atoms with Crippen LogP contribution in [0.25, 0.3) is 22.6 Å². The molecule has 0 radical (unpaired) electrons. The number of nitrogens with one attached hydrogen (secondary N) is 1. The van der Waals surface area contributed by atoms with Crippen LogP contribution >= 0.6 is 0 Å². The maximum atomic E-state index is 11.5. The number of methoxy groups -OCH3 is 1. The van der Waals surface area contributed by atoms with Crippen molar-refractivity contribution in [2.45, 2.75) is 4.90 Å². The van der Waals surface area contributed by atoms with Gasteiger partial charge in [-0.05, 0) is 30.3 Å². The summed E-state index contributed by atoms with van der Waals surface area (Å²) in [5.74, 6) is 1.32. The predicted octanol–water partition coefficient (Wildman–Crippen LogP) is 2.37. The largest absolute Gasteiger partial charge is 0.496 e. The molecule has 102 valence electrons. The van der Waals surface area contributed by atoms with E-state index in [0.29, 0.717) is 17.2 Å². The number of aromatic amines is 1. The molecule has 0 aliphatic carbocycles. The number of nitrogens with zero attached hydrogens (tertiary/aromatic N) is 2. The van der Waals surface area contributed by atoms with Crippen LogP contribution in [0.15, 0.2) is 41.4 Å². The van der Waals surface area contributed by atoms with E-state index in [-0.39, 0.29) is 0 Å². The molecule has 0 bridgehead atoms. The first-order valence-corrected chi connectivity index (χ1v) is 7.57. The number of ether oxygens (including phenoxy) is 1. The van der Waals surface area contributed by atoms with E-state index in [1.807, 2.05) is 24.3 Å². The molecule has 1 atom stereocenters. The predicted molar refractivity (Wildman–Crippen MR) is 78.2 cm³/mol. The maximum absolute atomic E-state index is 11.5. The molecular formula is C14H13N3O2S. The van der Waals surface area contributed by atoms with Crippen molar-refractivity contribution in [3.05, 3.63) is 36.5 Å². The van der Waals surface area contributed by atoms with Crippen LogP contribution in [0.2, 0.25) is 0 Å². The first-order valence-electron chi connectivity index (χ1n) is 6.01. The van der Waals surface area contributed by atoms with E-state index in [0.717, 1.165) is 16.0 Å². The summed E-state index contributed by atoms with van der Waals surface area (Å²) in [6.07, 6.45) is 3.34. The molecule has 0 amide bonds. The fraction of sp³-hybridized carbons (Fsp3) is 0.143. The molecule has 0 fully saturated rings. The van der Waals surface area contributed by atoms with Gasteiger partial charge in [0.05, 0.1) is 18.2 Å². The summed E-state index contributed by atoms with van der Waals surface area (Å²) in [4.78, 5) is 12.6. The molecule has 0 aliphatic heterocycles. The lowest BCUT2D eigenvalue weighted by molar-refractivity contribution is 0.415. The summed E-state index contributed by atoms with van der Waals surface area (Å²) >= 11 is 0. The summed E-state index contributed by atoms with van der Waals surface area (Å²) < 4.78 is 16.9. The minimum atomic E-state index is -1.04. The number of imidazole rings is 1. The Morgan fingerprint density at radius 2 is 2.15 bits per heavy atom. The number of fused-ring (bicyclic) bond motifs is 1. The number of hydrogen-bond acceptors (Lipinski definition) is 4. The van der Waals surface area contributed by atoms with Gasteiger partial charge in [-0.2, -0.15) is 0 Å². The summed E-state index contributed by atoms with van der Waals surface area (Å²) in [5, 5.41) is 0.